The fraction of sp³-hybridized carbons (Fsp3) is 0.611. The Kier molecular flexibility index (Phi) is 5.32. The van der Waals surface area contributed by atoms with Gasteiger partial charge in [0.15, 0.2) is 5.58 Å². The first kappa shape index (κ1) is 19.6. The summed E-state index contributed by atoms with van der Waals surface area (Å²) in [5.41, 5.74) is -0.231. The molecule has 0 spiro atoms. The van der Waals surface area contributed by atoms with Crippen LogP contribution in [0.5, 0.6) is 0 Å². The van der Waals surface area contributed by atoms with E-state index in [0.29, 0.717) is 56.7 Å². The molecule has 0 radical (unpaired) electrons. The molecule has 28 heavy (non-hydrogen) atoms. The molecule has 4 rings (SSSR count). The van der Waals surface area contributed by atoms with Crippen molar-refractivity contribution in [2.45, 2.75) is 29.8 Å². The molecule has 9 nitrogen and oxygen atoms in total. The quantitative estimate of drug-likeness (QED) is 0.746. The number of aromatic nitrogens is 1. The van der Waals surface area contributed by atoms with Crippen molar-refractivity contribution in [3.8, 4) is 0 Å². The maximum absolute atomic E-state index is 13.1. The summed E-state index contributed by atoms with van der Waals surface area (Å²) < 4.78 is 37.9. The molecule has 10 heteroatoms. The van der Waals surface area contributed by atoms with Crippen LogP contribution < -0.4 is 5.76 Å². The Morgan fingerprint density at radius 1 is 1.14 bits per heavy atom. The van der Waals surface area contributed by atoms with Crippen LogP contribution in [0.25, 0.3) is 11.1 Å². The van der Waals surface area contributed by atoms with E-state index in [0.717, 1.165) is 13.1 Å². The molecule has 1 aromatic heterocycles. The summed E-state index contributed by atoms with van der Waals surface area (Å²) in [6.07, 6.45) is 1.53. The Morgan fingerprint density at radius 2 is 1.93 bits per heavy atom. The highest BCUT2D eigenvalue weighted by Crippen LogP contribution is 2.28. The predicted molar refractivity (Wildman–Crippen MR) is 102 cm³/mol. The van der Waals surface area contributed by atoms with Crippen molar-refractivity contribution in [3.05, 3.63) is 28.7 Å². The van der Waals surface area contributed by atoms with Crippen LogP contribution >= 0.6 is 0 Å². The monoisotopic (exact) mass is 411 g/mol. The molecule has 2 saturated heterocycles. The normalized spacial score (nSPS) is 25.8. The van der Waals surface area contributed by atoms with E-state index in [1.165, 1.54) is 22.5 Å². The highest BCUT2D eigenvalue weighted by Gasteiger charge is 2.36. The van der Waals surface area contributed by atoms with Gasteiger partial charge in [0.25, 0.3) is 0 Å². The fourth-order valence-electron chi connectivity index (χ4n) is 3.97. The van der Waals surface area contributed by atoms with Crippen molar-refractivity contribution in [1.82, 2.24) is 14.2 Å². The zero-order chi connectivity index (χ0) is 19.8. The molecule has 2 fully saturated rings. The third-order valence-corrected chi connectivity index (χ3v) is 7.42. The molecule has 0 aliphatic carbocycles. The molecular weight excluding hydrogens is 386 g/mol. The van der Waals surface area contributed by atoms with E-state index in [4.69, 9.17) is 9.15 Å². The van der Waals surface area contributed by atoms with Gasteiger partial charge in [0.1, 0.15) is 0 Å². The van der Waals surface area contributed by atoms with E-state index in [-0.39, 0.29) is 11.4 Å². The van der Waals surface area contributed by atoms with Gasteiger partial charge in [-0.3, -0.25) is 9.88 Å². The second-order valence-corrected chi connectivity index (χ2v) is 9.48. The van der Waals surface area contributed by atoms with Gasteiger partial charge >= 0.3 is 5.76 Å². The van der Waals surface area contributed by atoms with Gasteiger partial charge in [0.2, 0.25) is 10.0 Å². The van der Waals surface area contributed by atoms with Crippen LogP contribution in [-0.2, 0) is 14.8 Å². The average Bonchev–Trinajstić information content (AvgIpc) is 2.92. The lowest BCUT2D eigenvalue weighted by Gasteiger charge is -2.35. The Hall–Kier alpha value is -1.72. The number of β-amino-alcohol motifs (C(OH)–C–C–N with tert-alkyl or cyclic N) is 1. The van der Waals surface area contributed by atoms with Crippen molar-refractivity contribution in [3.63, 3.8) is 0 Å². The number of H-pyrrole nitrogens is 1. The SMILES string of the molecule is O=c1[nH]c2cc(S(=O)(=O)N3CCC[C@@](O)(CN4CCOCC4)CC3)ccc2o1. The van der Waals surface area contributed by atoms with E-state index in [9.17, 15) is 18.3 Å². The number of hydrogen-bond acceptors (Lipinski definition) is 7. The number of sulfonamides is 1. The van der Waals surface area contributed by atoms with Crippen LogP contribution in [0.2, 0.25) is 0 Å². The first-order valence-corrected chi connectivity index (χ1v) is 11.0. The third kappa shape index (κ3) is 4.01. The number of ether oxygens (including phenoxy) is 1. The second-order valence-electron chi connectivity index (χ2n) is 7.54. The summed E-state index contributed by atoms with van der Waals surface area (Å²) in [6.45, 7) is 4.04. The summed E-state index contributed by atoms with van der Waals surface area (Å²) in [7, 11) is -3.73. The number of benzene rings is 1. The maximum Gasteiger partial charge on any atom is 0.417 e. The van der Waals surface area contributed by atoms with Crippen LogP contribution in [0, 0.1) is 0 Å². The lowest BCUT2D eigenvalue weighted by atomic mass is 9.94. The lowest BCUT2D eigenvalue weighted by Crippen LogP contribution is -2.48. The van der Waals surface area contributed by atoms with Crippen molar-refractivity contribution in [2.75, 3.05) is 45.9 Å². The number of oxazole rings is 1. The van der Waals surface area contributed by atoms with Crippen LogP contribution in [0.3, 0.4) is 0 Å². The van der Waals surface area contributed by atoms with E-state index in [2.05, 4.69) is 9.88 Å². The number of hydrogen-bond donors (Lipinski definition) is 2. The lowest BCUT2D eigenvalue weighted by molar-refractivity contribution is -0.0385. The molecule has 2 aliphatic heterocycles. The van der Waals surface area contributed by atoms with Gasteiger partial charge in [-0.25, -0.2) is 13.2 Å². The Labute approximate surface area is 162 Å². The van der Waals surface area contributed by atoms with Crippen molar-refractivity contribution < 1.29 is 22.7 Å². The molecule has 3 heterocycles. The summed E-state index contributed by atoms with van der Waals surface area (Å²) in [5, 5.41) is 11.0. The van der Waals surface area contributed by atoms with Crippen LogP contribution in [0.1, 0.15) is 19.3 Å². The smallest absolute Gasteiger partial charge is 0.408 e. The Bertz CT molecular complexity index is 994. The van der Waals surface area contributed by atoms with Gasteiger partial charge in [-0.05, 0) is 37.5 Å². The fourth-order valence-corrected chi connectivity index (χ4v) is 5.47. The molecule has 0 amide bonds. The molecule has 0 unspecified atom stereocenters. The van der Waals surface area contributed by atoms with Crippen molar-refractivity contribution in [2.24, 2.45) is 0 Å². The predicted octanol–water partition coefficient (Wildman–Crippen LogP) is 0.359. The second kappa shape index (κ2) is 7.60. The zero-order valence-electron chi connectivity index (χ0n) is 15.6. The van der Waals surface area contributed by atoms with Crippen LogP contribution in [0.15, 0.2) is 32.3 Å². The van der Waals surface area contributed by atoms with Gasteiger partial charge in [-0.2, -0.15) is 4.31 Å². The summed E-state index contributed by atoms with van der Waals surface area (Å²) >= 11 is 0. The number of fused-ring (bicyclic) bond motifs is 1. The van der Waals surface area contributed by atoms with E-state index >= 15 is 0 Å². The van der Waals surface area contributed by atoms with E-state index in [1.807, 2.05) is 0 Å². The molecule has 2 aliphatic rings. The summed E-state index contributed by atoms with van der Waals surface area (Å²) in [6, 6.07) is 4.34. The van der Waals surface area contributed by atoms with E-state index in [1.54, 1.807) is 0 Å². The largest absolute Gasteiger partial charge is 0.417 e. The minimum absolute atomic E-state index is 0.107. The van der Waals surface area contributed by atoms with Crippen molar-refractivity contribution >= 4 is 21.1 Å². The van der Waals surface area contributed by atoms with Crippen LogP contribution in [-0.4, -0.2) is 79.3 Å². The minimum Gasteiger partial charge on any atom is -0.408 e. The summed E-state index contributed by atoms with van der Waals surface area (Å²) in [4.78, 5) is 16.1. The first-order valence-electron chi connectivity index (χ1n) is 9.51. The minimum atomic E-state index is -3.73. The molecule has 0 bridgehead atoms. The van der Waals surface area contributed by atoms with Gasteiger partial charge in [-0.15, -0.1) is 0 Å². The number of nitrogens with zero attached hydrogens (tertiary/aromatic N) is 2. The molecule has 1 aromatic carbocycles. The number of nitrogens with one attached hydrogen (secondary N) is 1. The number of morpholine rings is 1. The van der Waals surface area contributed by atoms with Crippen LogP contribution in [0.4, 0.5) is 0 Å². The van der Waals surface area contributed by atoms with E-state index < -0.39 is 21.4 Å². The summed E-state index contributed by atoms with van der Waals surface area (Å²) in [5.74, 6) is -0.618. The molecule has 2 N–H and O–H groups in total. The number of aromatic amines is 1. The Balaban J connectivity index is 1.49. The molecule has 154 valence electrons. The third-order valence-electron chi connectivity index (χ3n) is 5.53. The molecule has 1 atom stereocenters. The average molecular weight is 411 g/mol. The highest BCUT2D eigenvalue weighted by molar-refractivity contribution is 7.89. The maximum atomic E-state index is 13.1. The first-order chi connectivity index (χ1) is 13.4. The van der Waals surface area contributed by atoms with Crippen molar-refractivity contribution in [1.29, 1.82) is 0 Å². The van der Waals surface area contributed by atoms with Gasteiger partial charge in [0.05, 0.1) is 29.2 Å². The van der Waals surface area contributed by atoms with Gasteiger partial charge in [0, 0.05) is 32.7 Å². The molecule has 0 saturated carbocycles. The zero-order valence-corrected chi connectivity index (χ0v) is 16.4. The highest BCUT2D eigenvalue weighted by atomic mass is 32.2. The van der Waals surface area contributed by atoms with Gasteiger partial charge in [-0.1, -0.05) is 0 Å². The topological polar surface area (TPSA) is 116 Å². The number of rotatable bonds is 4. The Morgan fingerprint density at radius 3 is 2.71 bits per heavy atom. The standard InChI is InChI=1S/C18H25N3O6S/c22-17-19-15-12-14(2-3-16(15)27-17)28(24,25)21-6-1-4-18(23,5-7-21)13-20-8-10-26-11-9-20/h2-3,12,23H,1,4-11,13H2,(H,19,22)/t18-/m0/s1. The molecule has 2 aromatic rings. The number of aliphatic hydroxyl groups is 1. The van der Waals surface area contributed by atoms with Gasteiger partial charge < -0.3 is 14.3 Å². The molecular formula is C18H25N3O6S.